The van der Waals surface area contributed by atoms with Gasteiger partial charge in [0.1, 0.15) is 0 Å². The molecule has 2 aromatic rings. The Morgan fingerprint density at radius 1 is 1.07 bits per heavy atom. The molecule has 0 aliphatic rings. The second-order valence-electron chi connectivity index (χ2n) is 3.82. The van der Waals surface area contributed by atoms with Crippen molar-refractivity contribution < 1.29 is 1.43 Å². The molecule has 0 fully saturated rings. The van der Waals surface area contributed by atoms with Crippen molar-refractivity contribution in [2.75, 3.05) is 0 Å². The lowest BCUT2D eigenvalue weighted by Crippen LogP contribution is -2.23. The number of hydrogen-bond acceptors (Lipinski definition) is 0. The predicted octanol–water partition coefficient (Wildman–Crippen LogP) is 3.94. The monoisotopic (exact) mass is 206 g/mol. The van der Waals surface area contributed by atoms with Gasteiger partial charge >= 0.3 is 0 Å². The topological polar surface area (TPSA) is 31.6 Å². The van der Waals surface area contributed by atoms with E-state index in [9.17, 15) is 0 Å². The van der Waals surface area contributed by atoms with Gasteiger partial charge in [-0.2, -0.15) is 0 Å². The van der Waals surface area contributed by atoms with Crippen molar-refractivity contribution in [2.24, 2.45) is 0 Å². The molecule has 0 saturated carbocycles. The highest BCUT2D eigenvalue weighted by Gasteiger charge is 2.24. The second kappa shape index (κ2) is 4.87. The summed E-state index contributed by atoms with van der Waals surface area (Å²) in [6, 6.07) is 10.5. The number of rotatable bonds is 2. The van der Waals surface area contributed by atoms with E-state index in [1.54, 1.807) is 0 Å². The van der Waals surface area contributed by atoms with Gasteiger partial charge in [0.05, 0.1) is 5.69 Å². The minimum absolute atomic E-state index is 0. The quantitative estimate of drug-likeness (QED) is 0.746. The third kappa shape index (κ3) is 2.32. The molecule has 0 bridgehead atoms. The normalized spacial score (nSPS) is 10.7. The molecule has 1 aromatic heterocycles. The first-order chi connectivity index (χ1) is 7.21. The molecule has 1 heterocycles. The summed E-state index contributed by atoms with van der Waals surface area (Å²) in [5, 5.41) is 6.02. The van der Waals surface area contributed by atoms with Crippen molar-refractivity contribution in [3.63, 3.8) is 0 Å². The lowest BCUT2D eigenvalue weighted by atomic mass is 9.82. The van der Waals surface area contributed by atoms with Crippen LogP contribution in [0.15, 0.2) is 36.5 Å². The maximum absolute atomic E-state index is 3.10. The van der Waals surface area contributed by atoms with Crippen LogP contribution in [0.4, 0.5) is 0 Å². The van der Waals surface area contributed by atoms with Crippen LogP contribution in [0.1, 0.15) is 40.4 Å². The number of nitrogens with one attached hydrogen (secondary N) is 2. The molecule has 15 heavy (non-hydrogen) atoms. The fourth-order valence-electron chi connectivity index (χ4n) is 1.49. The van der Waals surface area contributed by atoms with Gasteiger partial charge in [-0.15, -0.1) is 0 Å². The molecule has 2 nitrogen and oxygen atoms in total. The molecule has 2 heteroatoms. The molecular weight excluding hydrogens is 184 g/mol. The number of aromatic nitrogens is 2. The Hall–Kier alpha value is -1.44. The van der Waals surface area contributed by atoms with Crippen molar-refractivity contribution in [2.45, 2.75) is 33.1 Å². The van der Waals surface area contributed by atoms with Gasteiger partial charge in [0.25, 0.3) is 0 Å². The van der Waals surface area contributed by atoms with E-state index in [-0.39, 0.29) is 6.84 Å². The van der Waals surface area contributed by atoms with Gasteiger partial charge in [-0.1, -0.05) is 58.0 Å². The maximum Gasteiger partial charge on any atom is 0.0589 e. The molecule has 1 aromatic carbocycles. The van der Waals surface area contributed by atoms with Crippen molar-refractivity contribution in [3.05, 3.63) is 47.8 Å². The number of aromatic amines is 2. The first-order valence-electron chi connectivity index (χ1n) is 5.49. The third-order valence-electron chi connectivity index (χ3n) is 2.59. The van der Waals surface area contributed by atoms with Crippen LogP contribution in [0.25, 0.3) is 0 Å². The van der Waals surface area contributed by atoms with E-state index < -0.39 is 0 Å². The molecule has 0 radical (unpaired) electrons. The Kier molecular flexibility index (Phi) is 3.78. The van der Waals surface area contributed by atoms with E-state index in [0.29, 0.717) is 0 Å². The standard InChI is InChI=1S/C11H14N2.C2H6.H2/c1-11(2,10-8-12-13-10)9-6-4-3-5-7-9;1-2;/h3-8,12-13H,1-2H3;1-2H3;1H. The van der Waals surface area contributed by atoms with Gasteiger partial charge in [0.2, 0.25) is 0 Å². The van der Waals surface area contributed by atoms with E-state index in [2.05, 4.69) is 48.3 Å². The average Bonchev–Trinajstić information content (AvgIpc) is 2.19. The predicted molar refractivity (Wildman–Crippen MR) is 67.2 cm³/mol. The third-order valence-corrected chi connectivity index (χ3v) is 2.59. The fraction of sp³-hybridized carbons (Fsp3) is 0.385. The molecule has 0 aliphatic carbocycles. The van der Waals surface area contributed by atoms with E-state index in [0.717, 1.165) is 0 Å². The Morgan fingerprint density at radius 2 is 1.60 bits per heavy atom. The van der Waals surface area contributed by atoms with Gasteiger partial charge in [-0.25, -0.2) is 0 Å². The highest BCUT2D eigenvalue weighted by Crippen LogP contribution is 2.29. The molecule has 2 N–H and O–H groups in total. The minimum Gasteiger partial charge on any atom is -0.307 e. The van der Waals surface area contributed by atoms with E-state index in [4.69, 9.17) is 0 Å². The minimum atomic E-state index is 0. The number of H-pyrrole nitrogens is 2. The van der Waals surface area contributed by atoms with E-state index >= 15 is 0 Å². The summed E-state index contributed by atoms with van der Waals surface area (Å²) in [5.74, 6) is 0. The SMILES string of the molecule is CC.CC(C)(c1ccccc1)c1c[nH][nH]1.[HH]. The zero-order valence-corrected chi connectivity index (χ0v) is 9.96. The van der Waals surface area contributed by atoms with Gasteiger partial charge in [0.15, 0.2) is 0 Å². The molecule has 2 rings (SSSR count). The molecule has 0 saturated heterocycles. The van der Waals surface area contributed by atoms with Crippen molar-refractivity contribution in [1.82, 2.24) is 10.2 Å². The van der Waals surface area contributed by atoms with Crippen LogP contribution in [0.2, 0.25) is 0 Å². The summed E-state index contributed by atoms with van der Waals surface area (Å²) in [6.45, 7) is 8.42. The summed E-state index contributed by atoms with van der Waals surface area (Å²) in [5.41, 5.74) is 2.64. The number of benzene rings is 1. The molecule has 0 amide bonds. The van der Waals surface area contributed by atoms with Crippen LogP contribution in [-0.2, 0) is 5.41 Å². The molecule has 0 spiro atoms. The van der Waals surface area contributed by atoms with Crippen LogP contribution >= 0.6 is 0 Å². The summed E-state index contributed by atoms with van der Waals surface area (Å²) < 4.78 is 0. The highest BCUT2D eigenvalue weighted by atomic mass is 15.1. The van der Waals surface area contributed by atoms with Crippen LogP contribution in [0, 0.1) is 0 Å². The van der Waals surface area contributed by atoms with E-state index in [1.165, 1.54) is 11.3 Å². The average molecular weight is 206 g/mol. The molecule has 0 unspecified atom stereocenters. The largest absolute Gasteiger partial charge is 0.307 e. The molecule has 0 aliphatic heterocycles. The smallest absolute Gasteiger partial charge is 0.0589 e. The molecule has 0 atom stereocenters. The van der Waals surface area contributed by atoms with Crippen molar-refractivity contribution >= 4 is 0 Å². The fourth-order valence-corrected chi connectivity index (χ4v) is 1.49. The molecule has 84 valence electrons. The summed E-state index contributed by atoms with van der Waals surface area (Å²) in [6.07, 6.45) is 2.01. The first kappa shape index (κ1) is 11.6. The van der Waals surface area contributed by atoms with Crippen LogP contribution in [0.5, 0.6) is 0 Å². The zero-order valence-electron chi connectivity index (χ0n) is 9.96. The summed E-state index contributed by atoms with van der Waals surface area (Å²) >= 11 is 0. The van der Waals surface area contributed by atoms with Gasteiger partial charge in [-0.3, -0.25) is 0 Å². The Balaban J connectivity index is 0.000000711. The zero-order chi connectivity index (χ0) is 11.3. The number of hydrogen-bond donors (Lipinski definition) is 2. The summed E-state index contributed by atoms with van der Waals surface area (Å²) in [4.78, 5) is 0. The van der Waals surface area contributed by atoms with Crippen LogP contribution in [-0.4, -0.2) is 10.2 Å². The van der Waals surface area contributed by atoms with Crippen molar-refractivity contribution in [3.8, 4) is 0 Å². The Morgan fingerprint density at radius 3 is 2.00 bits per heavy atom. The lowest BCUT2D eigenvalue weighted by molar-refractivity contribution is 0.579. The Bertz CT molecular complexity index is 364. The Labute approximate surface area is 93.2 Å². The van der Waals surface area contributed by atoms with E-state index in [1.807, 2.05) is 26.1 Å². The van der Waals surface area contributed by atoms with Crippen LogP contribution in [0.3, 0.4) is 0 Å². The first-order valence-corrected chi connectivity index (χ1v) is 5.49. The van der Waals surface area contributed by atoms with Crippen molar-refractivity contribution in [1.29, 1.82) is 0 Å². The lowest BCUT2D eigenvalue weighted by Gasteiger charge is -2.26. The molecular formula is C13H22N2. The van der Waals surface area contributed by atoms with Gasteiger partial charge in [-0.05, 0) is 5.56 Å². The highest BCUT2D eigenvalue weighted by molar-refractivity contribution is 5.32. The maximum atomic E-state index is 3.10. The van der Waals surface area contributed by atoms with Gasteiger partial charge < -0.3 is 10.2 Å². The second-order valence-corrected chi connectivity index (χ2v) is 3.82. The van der Waals surface area contributed by atoms with Gasteiger partial charge in [0, 0.05) is 13.0 Å². The van der Waals surface area contributed by atoms with Crippen LogP contribution < -0.4 is 0 Å². The summed E-state index contributed by atoms with van der Waals surface area (Å²) in [7, 11) is 0.